The summed E-state index contributed by atoms with van der Waals surface area (Å²) in [5, 5.41) is 2.68. The van der Waals surface area contributed by atoms with E-state index in [2.05, 4.69) is 34.5 Å². The normalized spacial score (nSPS) is 13.9. The highest BCUT2D eigenvalue weighted by Crippen LogP contribution is 2.18. The number of aromatic nitrogens is 1. The summed E-state index contributed by atoms with van der Waals surface area (Å²) in [6.45, 7) is 7.05. The Morgan fingerprint density at radius 1 is 0.953 bits per heavy atom. The van der Waals surface area contributed by atoms with Gasteiger partial charge < -0.3 is 24.1 Å². The first-order valence-electron chi connectivity index (χ1n) is 14.8. The van der Waals surface area contributed by atoms with Gasteiger partial charge in [0.05, 0.1) is 18.8 Å². The molecule has 5 rings (SSSR count). The molecule has 0 bridgehead atoms. The quantitative estimate of drug-likeness (QED) is 0.229. The number of amides is 3. The van der Waals surface area contributed by atoms with Crippen molar-refractivity contribution in [3.63, 3.8) is 0 Å². The number of furan rings is 1. The van der Waals surface area contributed by atoms with Gasteiger partial charge in [-0.3, -0.25) is 9.69 Å². The third-order valence-corrected chi connectivity index (χ3v) is 7.50. The highest BCUT2D eigenvalue weighted by atomic mass is 19.1. The molecule has 43 heavy (non-hydrogen) atoms. The first-order chi connectivity index (χ1) is 21.0. The van der Waals surface area contributed by atoms with Crippen molar-refractivity contribution >= 4 is 23.7 Å². The Morgan fingerprint density at radius 2 is 1.72 bits per heavy atom. The van der Waals surface area contributed by atoms with Crippen LogP contribution >= 0.6 is 0 Å². The van der Waals surface area contributed by atoms with E-state index in [1.54, 1.807) is 29.2 Å². The van der Waals surface area contributed by atoms with Crippen LogP contribution in [0.1, 0.15) is 40.9 Å². The SMILES string of the molecule is CCCN(Cc1cccn1Cc1ccc(C(=O)N2CCN(CC=Cc3ccccc3)CC2)o1)C(=O)Nc1ccccc1F. The average molecular weight is 584 g/mol. The standard InChI is InChI=1S/C34H38FN5O3/c1-2-18-40(34(42)36-31-15-7-6-14-30(31)35)25-28-13-9-20-39(28)26-29-16-17-32(43-29)33(41)38-23-21-37(22-24-38)19-8-12-27-10-4-3-5-11-27/h3-17,20H,2,18-19,21-26H2,1H3,(H,36,42). The Bertz CT molecular complexity index is 1520. The van der Waals surface area contributed by atoms with Gasteiger partial charge in [-0.2, -0.15) is 0 Å². The van der Waals surface area contributed by atoms with Crippen LogP contribution in [0.2, 0.25) is 0 Å². The van der Waals surface area contributed by atoms with Gasteiger partial charge >= 0.3 is 6.03 Å². The molecule has 1 fully saturated rings. The van der Waals surface area contributed by atoms with Crippen LogP contribution < -0.4 is 5.32 Å². The van der Waals surface area contributed by atoms with E-state index >= 15 is 0 Å². The van der Waals surface area contributed by atoms with Gasteiger partial charge in [0, 0.05) is 51.2 Å². The van der Waals surface area contributed by atoms with Crippen LogP contribution in [-0.2, 0) is 13.1 Å². The smallest absolute Gasteiger partial charge is 0.322 e. The molecule has 224 valence electrons. The average Bonchev–Trinajstić information content (AvgIpc) is 3.68. The van der Waals surface area contributed by atoms with E-state index in [-0.39, 0.29) is 17.6 Å². The number of benzene rings is 2. The predicted molar refractivity (Wildman–Crippen MR) is 166 cm³/mol. The summed E-state index contributed by atoms with van der Waals surface area (Å²) in [5.41, 5.74) is 2.23. The minimum Gasteiger partial charge on any atom is -0.454 e. The van der Waals surface area contributed by atoms with Gasteiger partial charge in [-0.05, 0) is 48.4 Å². The molecule has 1 aliphatic heterocycles. The van der Waals surface area contributed by atoms with E-state index in [0.717, 1.165) is 31.7 Å². The molecule has 4 aromatic rings. The molecular weight excluding hydrogens is 545 g/mol. The van der Waals surface area contributed by atoms with Gasteiger partial charge in [-0.1, -0.05) is 61.5 Å². The van der Waals surface area contributed by atoms with Gasteiger partial charge in [0.15, 0.2) is 5.76 Å². The second kappa shape index (κ2) is 14.5. The lowest BCUT2D eigenvalue weighted by atomic mass is 10.2. The molecular formula is C34H38FN5O3. The van der Waals surface area contributed by atoms with E-state index in [1.807, 2.05) is 59.0 Å². The molecule has 0 unspecified atom stereocenters. The van der Waals surface area contributed by atoms with Gasteiger partial charge in [-0.15, -0.1) is 0 Å². The number of nitrogens with zero attached hydrogens (tertiary/aromatic N) is 4. The summed E-state index contributed by atoms with van der Waals surface area (Å²) in [5.74, 6) is 0.412. The lowest BCUT2D eigenvalue weighted by Crippen LogP contribution is -2.48. The number of hydrogen-bond acceptors (Lipinski definition) is 4. The second-order valence-corrected chi connectivity index (χ2v) is 10.6. The minimum atomic E-state index is -0.475. The Labute approximate surface area is 252 Å². The fourth-order valence-corrected chi connectivity index (χ4v) is 5.16. The molecule has 0 saturated carbocycles. The third kappa shape index (κ3) is 8.02. The predicted octanol–water partition coefficient (Wildman–Crippen LogP) is 6.18. The number of nitrogens with one attached hydrogen (secondary N) is 1. The summed E-state index contributed by atoms with van der Waals surface area (Å²) in [4.78, 5) is 32.0. The molecule has 0 aliphatic carbocycles. The van der Waals surface area contributed by atoms with Crippen LogP contribution in [0.25, 0.3) is 6.08 Å². The number of carbonyl (C=O) groups excluding carboxylic acids is 2. The maximum Gasteiger partial charge on any atom is 0.322 e. The highest BCUT2D eigenvalue weighted by Gasteiger charge is 2.24. The minimum absolute atomic E-state index is 0.0996. The monoisotopic (exact) mass is 583 g/mol. The molecule has 0 radical (unpaired) electrons. The number of anilines is 1. The molecule has 0 atom stereocenters. The molecule has 9 heteroatoms. The molecule has 0 spiro atoms. The summed E-state index contributed by atoms with van der Waals surface area (Å²) >= 11 is 0. The third-order valence-electron chi connectivity index (χ3n) is 7.50. The van der Waals surface area contributed by atoms with Crippen molar-refractivity contribution in [1.82, 2.24) is 19.3 Å². The Hall–Kier alpha value is -4.63. The summed E-state index contributed by atoms with van der Waals surface area (Å²) in [7, 11) is 0. The number of para-hydroxylation sites is 1. The number of halogens is 1. The Balaban J connectivity index is 1.14. The molecule has 3 amide bonds. The highest BCUT2D eigenvalue weighted by molar-refractivity contribution is 5.91. The topological polar surface area (TPSA) is 74.0 Å². The first-order valence-corrected chi connectivity index (χ1v) is 14.8. The summed E-state index contributed by atoms with van der Waals surface area (Å²) in [6, 6.07) is 23.4. The zero-order chi connectivity index (χ0) is 30.0. The zero-order valence-electron chi connectivity index (χ0n) is 24.5. The molecule has 2 aromatic heterocycles. The van der Waals surface area contributed by atoms with Gasteiger partial charge in [-0.25, -0.2) is 9.18 Å². The van der Waals surface area contributed by atoms with Crippen molar-refractivity contribution in [1.29, 1.82) is 0 Å². The van der Waals surface area contributed by atoms with Crippen molar-refractivity contribution in [2.24, 2.45) is 0 Å². The van der Waals surface area contributed by atoms with Crippen LogP contribution in [0, 0.1) is 5.82 Å². The number of hydrogen-bond donors (Lipinski definition) is 1. The molecule has 2 aromatic carbocycles. The zero-order valence-corrected chi connectivity index (χ0v) is 24.5. The maximum atomic E-state index is 14.1. The van der Waals surface area contributed by atoms with Crippen LogP contribution in [0.5, 0.6) is 0 Å². The van der Waals surface area contributed by atoms with Gasteiger partial charge in [0.25, 0.3) is 5.91 Å². The number of carbonyl (C=O) groups is 2. The molecule has 3 heterocycles. The van der Waals surface area contributed by atoms with Crippen LogP contribution in [0.3, 0.4) is 0 Å². The van der Waals surface area contributed by atoms with Crippen LogP contribution in [-0.4, -0.2) is 70.5 Å². The fraction of sp³-hybridized carbons (Fsp3) is 0.294. The van der Waals surface area contributed by atoms with Crippen molar-refractivity contribution < 1.29 is 18.4 Å². The molecule has 8 nitrogen and oxygen atoms in total. The largest absolute Gasteiger partial charge is 0.454 e. The lowest BCUT2D eigenvalue weighted by Gasteiger charge is -2.33. The summed E-state index contributed by atoms with van der Waals surface area (Å²) in [6.07, 6.45) is 6.97. The lowest BCUT2D eigenvalue weighted by molar-refractivity contribution is 0.0617. The molecule has 1 N–H and O–H groups in total. The summed E-state index contributed by atoms with van der Waals surface area (Å²) < 4.78 is 22.1. The van der Waals surface area contributed by atoms with E-state index < -0.39 is 5.82 Å². The van der Waals surface area contributed by atoms with Gasteiger partial charge in [0.1, 0.15) is 11.6 Å². The van der Waals surface area contributed by atoms with Crippen molar-refractivity contribution in [3.8, 4) is 0 Å². The van der Waals surface area contributed by atoms with E-state index in [9.17, 15) is 14.0 Å². The fourth-order valence-electron chi connectivity index (χ4n) is 5.16. The van der Waals surface area contributed by atoms with Gasteiger partial charge in [0.2, 0.25) is 0 Å². The van der Waals surface area contributed by atoms with Crippen LogP contribution in [0.4, 0.5) is 14.9 Å². The number of piperazine rings is 1. The number of urea groups is 1. The second-order valence-electron chi connectivity index (χ2n) is 10.6. The number of rotatable bonds is 11. The molecule has 1 saturated heterocycles. The molecule has 1 aliphatic rings. The first kappa shape index (κ1) is 29.8. The van der Waals surface area contributed by atoms with Crippen molar-refractivity contribution in [2.45, 2.75) is 26.4 Å². The van der Waals surface area contributed by atoms with E-state index in [1.165, 1.54) is 11.6 Å². The Kier molecular flexibility index (Phi) is 10.1. The van der Waals surface area contributed by atoms with Crippen molar-refractivity contribution in [3.05, 3.63) is 120 Å². The Morgan fingerprint density at radius 3 is 2.49 bits per heavy atom. The van der Waals surface area contributed by atoms with E-state index in [0.29, 0.717) is 44.2 Å². The van der Waals surface area contributed by atoms with E-state index in [4.69, 9.17) is 4.42 Å². The van der Waals surface area contributed by atoms with Crippen molar-refractivity contribution in [2.75, 3.05) is 44.6 Å². The van der Waals surface area contributed by atoms with Crippen LogP contribution in [0.15, 0.2) is 95.6 Å². The maximum absolute atomic E-state index is 14.1.